The lowest BCUT2D eigenvalue weighted by Gasteiger charge is -2.24. The summed E-state index contributed by atoms with van der Waals surface area (Å²) in [6.45, 7) is 3.50. The Morgan fingerprint density at radius 3 is 2.19 bits per heavy atom. The van der Waals surface area contributed by atoms with Crippen LogP contribution in [0.3, 0.4) is 0 Å². The highest BCUT2D eigenvalue weighted by Gasteiger charge is 2.37. The molecule has 0 radical (unpaired) electrons. The average Bonchev–Trinajstić information content (AvgIpc) is 2.91. The first kappa shape index (κ1) is 11.0. The molecule has 3 fully saturated rings. The van der Waals surface area contributed by atoms with Gasteiger partial charge in [0.2, 0.25) is 0 Å². The van der Waals surface area contributed by atoms with Gasteiger partial charge in [0.25, 0.3) is 0 Å². The third-order valence-corrected chi connectivity index (χ3v) is 5.19. The van der Waals surface area contributed by atoms with E-state index < -0.39 is 0 Å². The summed E-state index contributed by atoms with van der Waals surface area (Å²) in [5.74, 6) is 2.55. The molecule has 16 heavy (non-hydrogen) atoms. The normalized spacial score (nSPS) is 38.1. The number of nitrogens with zero attached hydrogens (tertiary/aromatic N) is 1. The van der Waals surface area contributed by atoms with Crippen molar-refractivity contribution in [3.63, 3.8) is 0 Å². The van der Waals surface area contributed by atoms with Crippen LogP contribution in [0.4, 0.5) is 0 Å². The van der Waals surface area contributed by atoms with Gasteiger partial charge >= 0.3 is 0 Å². The number of aliphatic hydroxyl groups excluding tert-OH is 1. The van der Waals surface area contributed by atoms with Crippen molar-refractivity contribution >= 4 is 0 Å². The Labute approximate surface area is 99.0 Å². The lowest BCUT2D eigenvalue weighted by atomic mass is 10.0. The Morgan fingerprint density at radius 2 is 1.56 bits per heavy atom. The maximum absolute atomic E-state index is 10.2. The molecular formula is C14H25NO. The van der Waals surface area contributed by atoms with Gasteiger partial charge in [-0.2, -0.15) is 0 Å². The molecule has 3 rings (SSSR count). The molecule has 3 unspecified atom stereocenters. The minimum Gasteiger partial charge on any atom is -0.392 e. The maximum Gasteiger partial charge on any atom is 0.0695 e. The summed E-state index contributed by atoms with van der Waals surface area (Å²) in [6, 6.07) is 0. The molecule has 2 nitrogen and oxygen atoms in total. The standard InChI is InChI=1S/C14H25NO/c16-14(11-4-1-2-5-11)10-15-8-12-6-3-7-13(12)9-15/h11-14,16H,1-10H2. The van der Waals surface area contributed by atoms with Gasteiger partial charge in [0.1, 0.15) is 0 Å². The van der Waals surface area contributed by atoms with Gasteiger partial charge in [-0.3, -0.25) is 0 Å². The fourth-order valence-electron chi connectivity index (χ4n) is 4.24. The van der Waals surface area contributed by atoms with Crippen LogP contribution in [0.2, 0.25) is 0 Å². The largest absolute Gasteiger partial charge is 0.392 e. The van der Waals surface area contributed by atoms with Crippen molar-refractivity contribution in [2.75, 3.05) is 19.6 Å². The second-order valence-electron chi connectivity index (χ2n) is 6.28. The van der Waals surface area contributed by atoms with E-state index in [1.165, 1.54) is 58.0 Å². The highest BCUT2D eigenvalue weighted by molar-refractivity contribution is 4.90. The van der Waals surface area contributed by atoms with Gasteiger partial charge in [-0.1, -0.05) is 19.3 Å². The SMILES string of the molecule is OC(CN1CC2CCCC2C1)C1CCCC1. The van der Waals surface area contributed by atoms with E-state index in [1.807, 2.05) is 0 Å². The summed E-state index contributed by atoms with van der Waals surface area (Å²) in [5, 5.41) is 10.2. The van der Waals surface area contributed by atoms with Gasteiger partial charge in [0.05, 0.1) is 6.10 Å². The molecular weight excluding hydrogens is 198 g/mol. The molecule has 1 aliphatic heterocycles. The zero-order valence-electron chi connectivity index (χ0n) is 10.3. The minimum absolute atomic E-state index is 0.0404. The number of β-amino-alcohol motifs (C(OH)–C–C–N with tert-alkyl or cyclic N) is 1. The molecule has 0 amide bonds. The molecule has 3 aliphatic rings. The zero-order valence-corrected chi connectivity index (χ0v) is 10.3. The Hall–Kier alpha value is -0.0800. The molecule has 2 aliphatic carbocycles. The van der Waals surface area contributed by atoms with Crippen LogP contribution >= 0.6 is 0 Å². The molecule has 2 heteroatoms. The topological polar surface area (TPSA) is 23.5 Å². The number of hydrogen-bond donors (Lipinski definition) is 1. The Balaban J connectivity index is 1.48. The molecule has 1 heterocycles. The number of aliphatic hydroxyl groups is 1. The number of likely N-dealkylation sites (tertiary alicyclic amines) is 1. The Kier molecular flexibility index (Phi) is 3.21. The van der Waals surface area contributed by atoms with E-state index in [-0.39, 0.29) is 6.10 Å². The molecule has 0 bridgehead atoms. The predicted octanol–water partition coefficient (Wildman–Crippen LogP) is 2.27. The number of hydrogen-bond acceptors (Lipinski definition) is 2. The third kappa shape index (κ3) is 2.14. The molecule has 3 atom stereocenters. The summed E-state index contributed by atoms with van der Waals surface area (Å²) >= 11 is 0. The van der Waals surface area contributed by atoms with Crippen LogP contribution in [0.25, 0.3) is 0 Å². The van der Waals surface area contributed by atoms with E-state index in [0.29, 0.717) is 5.92 Å². The first-order valence-electron chi connectivity index (χ1n) is 7.23. The van der Waals surface area contributed by atoms with Crippen molar-refractivity contribution in [2.45, 2.75) is 51.0 Å². The van der Waals surface area contributed by atoms with Crippen LogP contribution in [0, 0.1) is 17.8 Å². The molecule has 2 saturated carbocycles. The molecule has 0 spiro atoms. The Bertz CT molecular complexity index is 225. The van der Waals surface area contributed by atoms with E-state index >= 15 is 0 Å². The quantitative estimate of drug-likeness (QED) is 0.793. The maximum atomic E-state index is 10.2. The van der Waals surface area contributed by atoms with Gasteiger partial charge in [0, 0.05) is 19.6 Å². The van der Waals surface area contributed by atoms with Crippen molar-refractivity contribution < 1.29 is 5.11 Å². The zero-order chi connectivity index (χ0) is 11.0. The van der Waals surface area contributed by atoms with Gasteiger partial charge in [-0.15, -0.1) is 0 Å². The van der Waals surface area contributed by atoms with Crippen molar-refractivity contribution in [1.82, 2.24) is 4.90 Å². The summed E-state index contributed by atoms with van der Waals surface area (Å²) in [6.07, 6.45) is 9.51. The van der Waals surface area contributed by atoms with Crippen LogP contribution in [0.5, 0.6) is 0 Å². The van der Waals surface area contributed by atoms with Crippen molar-refractivity contribution in [1.29, 1.82) is 0 Å². The average molecular weight is 223 g/mol. The van der Waals surface area contributed by atoms with Crippen LogP contribution in [0.1, 0.15) is 44.9 Å². The highest BCUT2D eigenvalue weighted by Crippen LogP contribution is 2.38. The first-order chi connectivity index (χ1) is 7.83. The van der Waals surface area contributed by atoms with E-state index in [0.717, 1.165) is 18.4 Å². The Morgan fingerprint density at radius 1 is 0.938 bits per heavy atom. The van der Waals surface area contributed by atoms with Crippen LogP contribution in [-0.4, -0.2) is 35.7 Å². The van der Waals surface area contributed by atoms with Crippen molar-refractivity contribution in [3.05, 3.63) is 0 Å². The van der Waals surface area contributed by atoms with Gasteiger partial charge in [0.15, 0.2) is 0 Å². The predicted molar refractivity (Wildman–Crippen MR) is 65.2 cm³/mol. The molecule has 1 N–H and O–H groups in total. The molecule has 0 aromatic rings. The lowest BCUT2D eigenvalue weighted by molar-refractivity contribution is 0.0713. The fraction of sp³-hybridized carbons (Fsp3) is 1.00. The fourth-order valence-corrected chi connectivity index (χ4v) is 4.24. The molecule has 0 aromatic heterocycles. The number of rotatable bonds is 3. The second kappa shape index (κ2) is 4.66. The van der Waals surface area contributed by atoms with Crippen molar-refractivity contribution in [2.24, 2.45) is 17.8 Å². The monoisotopic (exact) mass is 223 g/mol. The van der Waals surface area contributed by atoms with Crippen LogP contribution < -0.4 is 0 Å². The van der Waals surface area contributed by atoms with Gasteiger partial charge in [-0.05, 0) is 43.4 Å². The smallest absolute Gasteiger partial charge is 0.0695 e. The van der Waals surface area contributed by atoms with Crippen LogP contribution in [-0.2, 0) is 0 Å². The molecule has 92 valence electrons. The summed E-state index contributed by atoms with van der Waals surface area (Å²) < 4.78 is 0. The number of fused-ring (bicyclic) bond motifs is 1. The minimum atomic E-state index is -0.0404. The highest BCUT2D eigenvalue weighted by atomic mass is 16.3. The summed E-state index contributed by atoms with van der Waals surface area (Å²) in [5.41, 5.74) is 0. The van der Waals surface area contributed by atoms with Crippen molar-refractivity contribution in [3.8, 4) is 0 Å². The van der Waals surface area contributed by atoms with E-state index in [1.54, 1.807) is 0 Å². The van der Waals surface area contributed by atoms with E-state index in [4.69, 9.17) is 0 Å². The molecule has 0 aromatic carbocycles. The lowest BCUT2D eigenvalue weighted by Crippen LogP contribution is -2.35. The van der Waals surface area contributed by atoms with Crippen LogP contribution in [0.15, 0.2) is 0 Å². The third-order valence-electron chi connectivity index (χ3n) is 5.19. The van der Waals surface area contributed by atoms with E-state index in [2.05, 4.69) is 4.90 Å². The second-order valence-corrected chi connectivity index (χ2v) is 6.28. The van der Waals surface area contributed by atoms with E-state index in [9.17, 15) is 5.11 Å². The molecule has 1 saturated heterocycles. The first-order valence-corrected chi connectivity index (χ1v) is 7.23. The summed E-state index contributed by atoms with van der Waals surface area (Å²) in [4.78, 5) is 2.54. The van der Waals surface area contributed by atoms with Gasteiger partial charge in [-0.25, -0.2) is 0 Å². The van der Waals surface area contributed by atoms with Gasteiger partial charge < -0.3 is 10.0 Å². The summed E-state index contributed by atoms with van der Waals surface area (Å²) in [7, 11) is 0.